The van der Waals surface area contributed by atoms with Crippen LogP contribution >= 0.6 is 0 Å². The fraction of sp³-hybridized carbons (Fsp3) is 0.591. The number of hydrogen-bond donors (Lipinski definition) is 0. The van der Waals surface area contributed by atoms with Crippen molar-refractivity contribution in [3.63, 3.8) is 0 Å². The second kappa shape index (κ2) is 7.91. The molecule has 1 saturated carbocycles. The van der Waals surface area contributed by atoms with Gasteiger partial charge < -0.3 is 14.4 Å². The third-order valence-electron chi connectivity index (χ3n) is 6.79. The first-order chi connectivity index (χ1) is 14.6. The van der Waals surface area contributed by atoms with E-state index >= 15 is 0 Å². The largest absolute Gasteiger partial charge is 0.454 e. The molecule has 8 nitrogen and oxygen atoms in total. The number of benzene rings is 1. The van der Waals surface area contributed by atoms with E-state index in [9.17, 15) is 14.4 Å². The maximum Gasteiger partial charge on any atom is 0.242 e. The second-order valence-electron chi connectivity index (χ2n) is 8.60. The summed E-state index contributed by atoms with van der Waals surface area (Å²) in [5.74, 6) is 0.758. The summed E-state index contributed by atoms with van der Waals surface area (Å²) in [7, 11) is 0. The predicted molar refractivity (Wildman–Crippen MR) is 107 cm³/mol. The Bertz CT molecular complexity index is 840. The topological polar surface area (TPSA) is 79.4 Å². The number of carbonyl (C=O) groups excluding carboxylic acids is 3. The number of ether oxygens (including phenoxy) is 2. The Morgan fingerprint density at radius 3 is 2.30 bits per heavy atom. The van der Waals surface area contributed by atoms with E-state index in [0.717, 1.165) is 62.4 Å². The molecule has 5 rings (SSSR count). The highest BCUT2D eigenvalue weighted by Crippen LogP contribution is 2.38. The molecule has 1 aromatic carbocycles. The smallest absolute Gasteiger partial charge is 0.242 e. The van der Waals surface area contributed by atoms with Gasteiger partial charge in [0, 0.05) is 32.7 Å². The standard InChI is InChI=1S/C22H27N3O5/c26-20(13-25-21(27)16-3-1-2-4-17(16)22(25)28)24-9-7-23(8-10-24)12-15-5-6-18-19(11-15)30-14-29-18/h5-6,11,16-17H,1-4,7-10,12-14H2/t16-,17-/m0/s1. The molecule has 2 saturated heterocycles. The molecule has 30 heavy (non-hydrogen) atoms. The molecule has 1 aliphatic carbocycles. The summed E-state index contributed by atoms with van der Waals surface area (Å²) in [5, 5.41) is 0. The Morgan fingerprint density at radius 2 is 1.60 bits per heavy atom. The Labute approximate surface area is 175 Å². The lowest BCUT2D eigenvalue weighted by Crippen LogP contribution is -2.51. The highest BCUT2D eigenvalue weighted by Gasteiger charge is 2.48. The molecule has 8 heteroatoms. The van der Waals surface area contributed by atoms with Crippen molar-refractivity contribution in [2.45, 2.75) is 32.2 Å². The molecule has 0 N–H and O–H groups in total. The maximum atomic E-state index is 12.8. The lowest BCUT2D eigenvalue weighted by Gasteiger charge is -2.35. The SMILES string of the molecule is O=C(CN1C(=O)[C@H]2CCCC[C@@H]2C1=O)N1CCN(Cc2ccc3c(c2)OCO3)CC1. The molecule has 0 spiro atoms. The Morgan fingerprint density at radius 1 is 0.933 bits per heavy atom. The molecule has 2 atom stereocenters. The van der Waals surface area contributed by atoms with Gasteiger partial charge in [0.2, 0.25) is 24.5 Å². The number of amides is 3. The van der Waals surface area contributed by atoms with E-state index in [1.165, 1.54) is 4.90 Å². The average Bonchev–Trinajstić information content (AvgIpc) is 3.33. The summed E-state index contributed by atoms with van der Waals surface area (Å²) in [6.45, 7) is 3.67. The van der Waals surface area contributed by atoms with Gasteiger partial charge in [-0.15, -0.1) is 0 Å². The molecule has 3 amide bonds. The van der Waals surface area contributed by atoms with E-state index in [2.05, 4.69) is 4.90 Å². The number of carbonyl (C=O) groups is 3. The van der Waals surface area contributed by atoms with Crippen LogP contribution in [0.1, 0.15) is 31.2 Å². The van der Waals surface area contributed by atoms with E-state index in [1.807, 2.05) is 18.2 Å². The normalized spacial score (nSPS) is 26.3. The van der Waals surface area contributed by atoms with Gasteiger partial charge in [0.25, 0.3) is 0 Å². The van der Waals surface area contributed by atoms with E-state index in [4.69, 9.17) is 9.47 Å². The molecule has 3 aliphatic heterocycles. The summed E-state index contributed by atoms with van der Waals surface area (Å²) < 4.78 is 10.8. The predicted octanol–water partition coefficient (Wildman–Crippen LogP) is 1.23. The third-order valence-corrected chi connectivity index (χ3v) is 6.79. The van der Waals surface area contributed by atoms with Crippen molar-refractivity contribution in [3.05, 3.63) is 23.8 Å². The van der Waals surface area contributed by atoms with Crippen molar-refractivity contribution >= 4 is 17.7 Å². The van der Waals surface area contributed by atoms with E-state index in [-0.39, 0.29) is 42.9 Å². The highest BCUT2D eigenvalue weighted by atomic mass is 16.7. The average molecular weight is 413 g/mol. The van der Waals surface area contributed by atoms with Gasteiger partial charge in [-0.2, -0.15) is 0 Å². The monoisotopic (exact) mass is 413 g/mol. The Balaban J connectivity index is 1.13. The van der Waals surface area contributed by atoms with Crippen LogP contribution in [0, 0.1) is 11.8 Å². The molecule has 0 bridgehead atoms. The van der Waals surface area contributed by atoms with E-state index < -0.39 is 0 Å². The van der Waals surface area contributed by atoms with Gasteiger partial charge in [0.1, 0.15) is 6.54 Å². The van der Waals surface area contributed by atoms with Crippen LogP contribution in [-0.2, 0) is 20.9 Å². The van der Waals surface area contributed by atoms with Gasteiger partial charge >= 0.3 is 0 Å². The zero-order valence-electron chi connectivity index (χ0n) is 17.0. The van der Waals surface area contributed by atoms with Crippen LogP contribution in [0.2, 0.25) is 0 Å². The first-order valence-electron chi connectivity index (χ1n) is 10.8. The number of rotatable bonds is 4. The van der Waals surface area contributed by atoms with Crippen LogP contribution < -0.4 is 9.47 Å². The van der Waals surface area contributed by atoms with Gasteiger partial charge in [0.05, 0.1) is 11.8 Å². The van der Waals surface area contributed by atoms with Crippen molar-refractivity contribution < 1.29 is 23.9 Å². The van der Waals surface area contributed by atoms with Crippen LogP contribution in [0.15, 0.2) is 18.2 Å². The molecule has 1 aromatic rings. The molecular weight excluding hydrogens is 386 g/mol. The van der Waals surface area contributed by atoms with Gasteiger partial charge in [-0.3, -0.25) is 24.2 Å². The number of hydrogen-bond acceptors (Lipinski definition) is 6. The molecule has 0 aromatic heterocycles. The first-order valence-corrected chi connectivity index (χ1v) is 10.8. The first kappa shape index (κ1) is 19.4. The lowest BCUT2D eigenvalue weighted by atomic mass is 9.81. The minimum atomic E-state index is -0.197. The van der Waals surface area contributed by atoms with Crippen molar-refractivity contribution in [3.8, 4) is 11.5 Å². The number of likely N-dealkylation sites (tertiary alicyclic amines) is 1. The number of fused-ring (bicyclic) bond motifs is 2. The molecule has 3 fully saturated rings. The van der Waals surface area contributed by atoms with Crippen LogP contribution in [0.25, 0.3) is 0 Å². The molecule has 160 valence electrons. The van der Waals surface area contributed by atoms with Crippen LogP contribution in [0.4, 0.5) is 0 Å². The summed E-state index contributed by atoms with van der Waals surface area (Å²) in [6.07, 6.45) is 3.54. The molecule has 0 unspecified atom stereocenters. The van der Waals surface area contributed by atoms with Crippen LogP contribution in [0.3, 0.4) is 0 Å². The summed E-state index contributed by atoms with van der Waals surface area (Å²) in [6, 6.07) is 5.97. The third kappa shape index (κ3) is 3.53. The lowest BCUT2D eigenvalue weighted by molar-refractivity contribution is -0.147. The molecule has 4 aliphatic rings. The van der Waals surface area contributed by atoms with Crippen molar-refractivity contribution in [1.82, 2.24) is 14.7 Å². The van der Waals surface area contributed by atoms with Gasteiger partial charge in [0.15, 0.2) is 11.5 Å². The quantitative estimate of drug-likeness (QED) is 0.691. The van der Waals surface area contributed by atoms with E-state index in [0.29, 0.717) is 13.1 Å². The van der Waals surface area contributed by atoms with Crippen molar-refractivity contribution in [2.75, 3.05) is 39.5 Å². The molecule has 3 heterocycles. The molecule has 0 radical (unpaired) electrons. The van der Waals surface area contributed by atoms with Gasteiger partial charge in [-0.1, -0.05) is 18.9 Å². The molecular formula is C22H27N3O5. The summed E-state index contributed by atoms with van der Waals surface area (Å²) >= 11 is 0. The zero-order valence-corrected chi connectivity index (χ0v) is 17.0. The van der Waals surface area contributed by atoms with E-state index in [1.54, 1.807) is 4.90 Å². The minimum Gasteiger partial charge on any atom is -0.454 e. The number of imide groups is 1. The Kier molecular flexibility index (Phi) is 5.10. The second-order valence-corrected chi connectivity index (χ2v) is 8.60. The van der Waals surface area contributed by atoms with Crippen LogP contribution in [0.5, 0.6) is 11.5 Å². The number of nitrogens with zero attached hydrogens (tertiary/aromatic N) is 3. The Hall–Kier alpha value is -2.61. The maximum absolute atomic E-state index is 12.8. The fourth-order valence-corrected chi connectivity index (χ4v) is 5.07. The van der Waals surface area contributed by atoms with Crippen molar-refractivity contribution in [2.24, 2.45) is 11.8 Å². The number of piperazine rings is 1. The minimum absolute atomic E-state index is 0.104. The highest BCUT2D eigenvalue weighted by molar-refractivity contribution is 6.07. The summed E-state index contributed by atoms with van der Waals surface area (Å²) in [4.78, 5) is 43.3. The zero-order chi connectivity index (χ0) is 20.7. The summed E-state index contributed by atoms with van der Waals surface area (Å²) in [5.41, 5.74) is 1.15. The van der Waals surface area contributed by atoms with Crippen LogP contribution in [-0.4, -0.2) is 71.9 Å². The van der Waals surface area contributed by atoms with Gasteiger partial charge in [-0.25, -0.2) is 0 Å². The fourth-order valence-electron chi connectivity index (χ4n) is 5.07. The van der Waals surface area contributed by atoms with Crippen molar-refractivity contribution in [1.29, 1.82) is 0 Å². The van der Waals surface area contributed by atoms with Gasteiger partial charge in [-0.05, 0) is 30.5 Å².